The predicted molar refractivity (Wildman–Crippen MR) is 83.2 cm³/mol. The van der Waals surface area contributed by atoms with E-state index in [0.717, 1.165) is 12.0 Å². The van der Waals surface area contributed by atoms with Crippen LogP contribution in [-0.4, -0.2) is 29.4 Å². The monoisotopic (exact) mass is 358 g/mol. The molecule has 0 heterocycles. The molecule has 2 atom stereocenters. The molecule has 0 aromatic carbocycles. The van der Waals surface area contributed by atoms with Crippen molar-refractivity contribution in [2.75, 3.05) is 6.61 Å². The largest absolute Gasteiger partial charge is 0.449 e. The highest BCUT2D eigenvalue weighted by atomic mass is 32.2. The highest BCUT2D eigenvalue weighted by molar-refractivity contribution is 7.95. The van der Waals surface area contributed by atoms with Crippen LogP contribution in [-0.2, 0) is 27.6 Å². The van der Waals surface area contributed by atoms with E-state index in [9.17, 15) is 14.1 Å². The molecule has 0 amide bonds. The van der Waals surface area contributed by atoms with Gasteiger partial charge >= 0.3 is 11.9 Å². The van der Waals surface area contributed by atoms with Gasteiger partial charge in [-0.25, -0.2) is 0 Å². The van der Waals surface area contributed by atoms with E-state index in [-0.39, 0.29) is 17.8 Å². The highest BCUT2D eigenvalue weighted by Crippen LogP contribution is 2.16. The molecule has 0 spiro atoms. The lowest BCUT2D eigenvalue weighted by molar-refractivity contribution is -0.145. The Bertz CT molecular complexity index is 319. The lowest BCUT2D eigenvalue weighted by Gasteiger charge is -2.11. The van der Waals surface area contributed by atoms with Gasteiger partial charge < -0.3 is 13.7 Å². The van der Waals surface area contributed by atoms with Gasteiger partial charge in [0.2, 0.25) is 0 Å². The van der Waals surface area contributed by atoms with E-state index in [0.29, 0.717) is 44.3 Å². The molecule has 22 heavy (non-hydrogen) atoms. The van der Waals surface area contributed by atoms with Crippen LogP contribution in [0.15, 0.2) is 0 Å². The van der Waals surface area contributed by atoms with E-state index in [1.54, 1.807) is 6.92 Å². The maximum Gasteiger partial charge on any atom is 0.306 e. The third kappa shape index (κ3) is 13.2. The maximum atomic E-state index is 11.5. The van der Waals surface area contributed by atoms with Gasteiger partial charge in [0.1, 0.15) is 0 Å². The molecule has 130 valence electrons. The smallest absolute Gasteiger partial charge is 0.306 e. The molecule has 0 aromatic rings. The fraction of sp³-hybridized carbons (Fsp3) is 0.846. The Morgan fingerprint density at radius 2 is 1.45 bits per heavy atom. The zero-order valence-electron chi connectivity index (χ0n) is 13.0. The first-order valence-electron chi connectivity index (χ1n) is 7.10. The molecule has 0 rings (SSSR count). The van der Waals surface area contributed by atoms with Gasteiger partial charge in [-0.3, -0.25) is 9.59 Å². The van der Waals surface area contributed by atoms with Gasteiger partial charge in [-0.05, 0) is 38.1 Å². The summed E-state index contributed by atoms with van der Waals surface area (Å²) >= 11 is 1.55. The summed E-state index contributed by atoms with van der Waals surface area (Å²) in [5, 5.41) is 0. The molecule has 0 saturated carbocycles. The number of hydrogen-bond acceptors (Lipinski definition) is 8. The molecule has 0 aliphatic carbocycles. The molecule has 0 fully saturated rings. The SMILES string of the molecule is CCOSC(C)OC(=O)CCCCCC(=O)OC(C)SOF. The third-order valence-electron chi connectivity index (χ3n) is 2.35. The van der Waals surface area contributed by atoms with Gasteiger partial charge in [-0.2, -0.15) is 0 Å². The van der Waals surface area contributed by atoms with E-state index >= 15 is 0 Å². The molecular weight excluding hydrogens is 335 g/mol. The van der Waals surface area contributed by atoms with Gasteiger partial charge in [0, 0.05) is 24.9 Å². The Morgan fingerprint density at radius 3 is 1.91 bits per heavy atom. The summed E-state index contributed by atoms with van der Waals surface area (Å²) in [7, 11) is 0. The van der Waals surface area contributed by atoms with Crippen molar-refractivity contribution < 1.29 is 32.2 Å². The lowest BCUT2D eigenvalue weighted by Crippen LogP contribution is -2.12. The van der Waals surface area contributed by atoms with Crippen molar-refractivity contribution in [1.29, 1.82) is 0 Å². The molecule has 2 unspecified atom stereocenters. The Kier molecular flexibility index (Phi) is 13.8. The molecule has 0 aromatic heterocycles. The Balaban J connectivity index is 3.55. The molecule has 0 bridgehead atoms. The highest BCUT2D eigenvalue weighted by Gasteiger charge is 2.12. The second-order valence-electron chi connectivity index (χ2n) is 4.34. The Labute approximate surface area is 139 Å². The number of unbranched alkanes of at least 4 members (excludes halogenated alkanes) is 2. The van der Waals surface area contributed by atoms with Crippen molar-refractivity contribution in [2.45, 2.75) is 63.7 Å². The molecule has 6 nitrogen and oxygen atoms in total. The van der Waals surface area contributed by atoms with Crippen molar-refractivity contribution in [1.82, 2.24) is 0 Å². The number of halogens is 1. The Hall–Kier alpha value is -0.510. The fourth-order valence-electron chi connectivity index (χ4n) is 1.46. The summed E-state index contributed by atoms with van der Waals surface area (Å²) in [5.74, 6) is -0.700. The average molecular weight is 358 g/mol. The van der Waals surface area contributed by atoms with Crippen LogP contribution >= 0.6 is 24.1 Å². The molecular formula is C13H23FO6S2. The van der Waals surface area contributed by atoms with Gasteiger partial charge in [0.05, 0.1) is 18.6 Å². The molecule has 9 heteroatoms. The summed E-state index contributed by atoms with van der Waals surface area (Å²) in [6.07, 6.45) is 2.47. The fourth-order valence-corrected chi connectivity index (χ4v) is 2.18. The number of ether oxygens (including phenoxy) is 2. The van der Waals surface area contributed by atoms with Crippen LogP contribution in [0, 0.1) is 0 Å². The van der Waals surface area contributed by atoms with Gasteiger partial charge in [-0.1, -0.05) is 6.42 Å². The van der Waals surface area contributed by atoms with Crippen LogP contribution in [0.25, 0.3) is 0 Å². The summed E-state index contributed by atoms with van der Waals surface area (Å²) in [6, 6.07) is 0. The third-order valence-corrected chi connectivity index (χ3v) is 3.53. The molecule has 0 saturated heterocycles. The second-order valence-corrected chi connectivity index (χ2v) is 6.41. The number of carbonyl (C=O) groups is 2. The van der Waals surface area contributed by atoms with Crippen LogP contribution in [0.2, 0.25) is 0 Å². The first-order chi connectivity index (χ1) is 10.5. The minimum absolute atomic E-state index is 0.225. The number of esters is 2. The van der Waals surface area contributed by atoms with Crippen LogP contribution < -0.4 is 0 Å². The predicted octanol–water partition coefficient (Wildman–Crippen LogP) is 3.95. The van der Waals surface area contributed by atoms with Crippen molar-refractivity contribution in [3.63, 3.8) is 0 Å². The quantitative estimate of drug-likeness (QED) is 0.212. The second kappa shape index (κ2) is 14.1. The normalized spacial score (nSPS) is 13.5. The maximum absolute atomic E-state index is 11.5. The molecule has 0 aliphatic rings. The van der Waals surface area contributed by atoms with E-state index in [1.807, 2.05) is 6.92 Å². The van der Waals surface area contributed by atoms with Crippen LogP contribution in [0.1, 0.15) is 52.9 Å². The van der Waals surface area contributed by atoms with Crippen LogP contribution in [0.5, 0.6) is 0 Å². The Morgan fingerprint density at radius 1 is 0.955 bits per heavy atom. The van der Waals surface area contributed by atoms with Gasteiger partial charge in [0.15, 0.2) is 10.9 Å². The lowest BCUT2D eigenvalue weighted by atomic mass is 10.1. The minimum atomic E-state index is -0.684. The van der Waals surface area contributed by atoms with Crippen molar-refractivity contribution in [3.05, 3.63) is 0 Å². The summed E-state index contributed by atoms with van der Waals surface area (Å²) in [6.45, 7) is 5.67. The summed E-state index contributed by atoms with van der Waals surface area (Å²) < 4.78 is 29.8. The number of carbonyl (C=O) groups excluding carboxylic acids is 2. The zero-order chi connectivity index (χ0) is 16.8. The van der Waals surface area contributed by atoms with E-state index in [1.165, 1.54) is 6.92 Å². The first-order valence-corrected chi connectivity index (χ1v) is 8.71. The molecule has 0 aliphatic heterocycles. The van der Waals surface area contributed by atoms with E-state index in [2.05, 4.69) is 4.39 Å². The topological polar surface area (TPSA) is 71.1 Å². The average Bonchev–Trinajstić information content (AvgIpc) is 2.44. The standard InChI is InChI=1S/C13H23FO6S2/c1-4-17-21-10(2)18-12(15)8-6-5-7-9-13(16)19-11(3)22-20-14/h10-11H,4-9H2,1-3H3. The van der Waals surface area contributed by atoms with Gasteiger partial charge in [0.25, 0.3) is 0 Å². The van der Waals surface area contributed by atoms with Crippen molar-refractivity contribution >= 4 is 36.0 Å². The summed E-state index contributed by atoms with van der Waals surface area (Å²) in [4.78, 5) is 22.8. The minimum Gasteiger partial charge on any atom is -0.449 e. The molecule has 0 N–H and O–H groups in total. The van der Waals surface area contributed by atoms with Crippen molar-refractivity contribution in [3.8, 4) is 0 Å². The van der Waals surface area contributed by atoms with Crippen LogP contribution in [0.3, 0.4) is 0 Å². The first kappa shape index (κ1) is 21.5. The molecule has 0 radical (unpaired) electrons. The van der Waals surface area contributed by atoms with Gasteiger partial charge in [-0.15, -0.1) is 4.39 Å². The zero-order valence-corrected chi connectivity index (χ0v) is 14.7. The number of hydrogen-bond donors (Lipinski definition) is 0. The van der Waals surface area contributed by atoms with Crippen molar-refractivity contribution in [2.24, 2.45) is 0 Å². The van der Waals surface area contributed by atoms with E-state index < -0.39 is 11.4 Å². The summed E-state index contributed by atoms with van der Waals surface area (Å²) in [5.41, 5.74) is -1.02. The van der Waals surface area contributed by atoms with E-state index in [4.69, 9.17) is 13.7 Å². The van der Waals surface area contributed by atoms with Crippen LogP contribution in [0.4, 0.5) is 4.53 Å². The number of rotatable bonds is 13.